The highest BCUT2D eigenvalue weighted by Crippen LogP contribution is 1.98. The van der Waals surface area contributed by atoms with Crippen LogP contribution in [0.5, 0.6) is 0 Å². The molecule has 0 saturated carbocycles. The minimum atomic E-state index is 0.229. The van der Waals surface area contributed by atoms with Crippen LogP contribution in [0, 0.1) is 0 Å². The summed E-state index contributed by atoms with van der Waals surface area (Å²) in [6.07, 6.45) is 1.57. The van der Waals surface area contributed by atoms with Gasteiger partial charge in [0.25, 0.3) is 0 Å². The summed E-state index contributed by atoms with van der Waals surface area (Å²) in [7, 11) is 0. The minimum absolute atomic E-state index is 0.229. The summed E-state index contributed by atoms with van der Waals surface area (Å²) >= 11 is 3.09. The second-order valence-corrected chi connectivity index (χ2v) is 1.78. The van der Waals surface area contributed by atoms with Crippen LogP contribution in [0.25, 0.3) is 0 Å². The normalized spacial score (nSPS) is 10.7. The maximum absolute atomic E-state index is 6.95. The molecule has 0 radical (unpaired) electrons. The third kappa shape index (κ3) is 1.23. The van der Waals surface area contributed by atoms with Gasteiger partial charge in [-0.2, -0.15) is 0 Å². The predicted molar refractivity (Wildman–Crippen MR) is 29.7 cm³/mol. The monoisotopic (exact) mass is 159 g/mol. The number of hydrogen-bond acceptors (Lipinski definition) is 2. The summed E-state index contributed by atoms with van der Waals surface area (Å²) < 4.78 is 7.61. The Morgan fingerprint density at radius 3 is 3.14 bits per heavy atom. The molecule has 0 unspecified atom stereocenters. The Bertz CT molecular complexity index is 174. The molecule has 1 heterocycles. The van der Waals surface area contributed by atoms with Crippen molar-refractivity contribution in [3.05, 3.63) is 23.2 Å². The average molecular weight is 160 g/mol. The van der Waals surface area contributed by atoms with E-state index in [1.54, 1.807) is 0 Å². The van der Waals surface area contributed by atoms with Crippen molar-refractivity contribution in [1.82, 2.24) is 9.97 Å². The Labute approximate surface area is 51.1 Å². The van der Waals surface area contributed by atoms with Gasteiger partial charge in [-0.15, -0.1) is 0 Å². The number of halogens is 1. The van der Waals surface area contributed by atoms with Crippen LogP contribution in [0.1, 0.15) is 1.37 Å². The maximum atomic E-state index is 6.95. The van der Waals surface area contributed by atoms with Gasteiger partial charge >= 0.3 is 0 Å². The van der Waals surface area contributed by atoms with Crippen molar-refractivity contribution >= 4 is 15.9 Å². The van der Waals surface area contributed by atoms with E-state index in [4.69, 9.17) is 1.37 Å². The largest absolute Gasteiger partial charge is 0.245 e. The third-order valence-corrected chi connectivity index (χ3v) is 0.931. The zero-order valence-corrected chi connectivity index (χ0v) is 5.01. The average Bonchev–Trinajstić information content (AvgIpc) is 1.64. The predicted octanol–water partition coefficient (Wildman–Crippen LogP) is 1.24. The molecule has 7 heavy (non-hydrogen) atoms. The first-order valence-corrected chi connectivity index (χ1v) is 2.52. The Morgan fingerprint density at radius 2 is 2.71 bits per heavy atom. The molecule has 3 heteroatoms. The van der Waals surface area contributed by atoms with Gasteiger partial charge < -0.3 is 0 Å². The fourth-order valence-electron chi connectivity index (χ4n) is 0.245. The van der Waals surface area contributed by atoms with Crippen LogP contribution in [-0.2, 0) is 0 Å². The maximum Gasteiger partial charge on any atom is 0.116 e. The zero-order valence-electron chi connectivity index (χ0n) is 4.43. The lowest BCUT2D eigenvalue weighted by Gasteiger charge is -1.79. The van der Waals surface area contributed by atoms with Crippen LogP contribution < -0.4 is 0 Å². The fourth-order valence-corrected chi connectivity index (χ4v) is 0.439. The van der Waals surface area contributed by atoms with Gasteiger partial charge in [0.15, 0.2) is 0 Å². The van der Waals surface area contributed by atoms with E-state index in [0.717, 1.165) is 0 Å². The first-order valence-electron chi connectivity index (χ1n) is 2.23. The van der Waals surface area contributed by atoms with E-state index < -0.39 is 0 Å². The lowest BCUT2D eigenvalue weighted by Crippen LogP contribution is -1.72. The molecule has 0 bridgehead atoms. The number of rotatable bonds is 0. The van der Waals surface area contributed by atoms with Crippen molar-refractivity contribution in [2.75, 3.05) is 0 Å². The number of aromatic nitrogens is 2. The second kappa shape index (κ2) is 2.02. The summed E-state index contributed by atoms with van der Waals surface area (Å²) in [6, 6.07) is 1.53. The van der Waals surface area contributed by atoms with Crippen LogP contribution in [0.2, 0.25) is 0 Å². The molecule has 0 aromatic carbocycles. The van der Waals surface area contributed by atoms with Gasteiger partial charge in [-0.3, -0.25) is 0 Å². The molecule has 0 aliphatic rings. The standard InChI is InChI=1S/C4H3BrN2/c5-4-1-2-6-3-7-4/h1-3H/i2D. The molecule has 0 atom stereocenters. The first-order chi connectivity index (χ1) is 3.79. The molecule has 0 spiro atoms. The number of hydrogen-bond donors (Lipinski definition) is 0. The molecule has 1 rings (SSSR count). The highest BCUT2D eigenvalue weighted by atomic mass is 79.9. The number of nitrogens with zero attached hydrogens (tertiary/aromatic N) is 2. The molecular formula is C4H3BrN2. The molecular weight excluding hydrogens is 156 g/mol. The summed E-state index contributed by atoms with van der Waals surface area (Å²) in [5.74, 6) is 0. The molecule has 36 valence electrons. The summed E-state index contributed by atoms with van der Waals surface area (Å²) in [5, 5.41) is 0. The van der Waals surface area contributed by atoms with Gasteiger partial charge in [-0.25, -0.2) is 9.97 Å². The van der Waals surface area contributed by atoms with Crippen molar-refractivity contribution < 1.29 is 1.37 Å². The van der Waals surface area contributed by atoms with Crippen molar-refractivity contribution in [2.24, 2.45) is 0 Å². The van der Waals surface area contributed by atoms with Gasteiger partial charge in [-0.05, 0) is 22.0 Å². The molecule has 1 aromatic heterocycles. The zero-order chi connectivity index (χ0) is 5.98. The first kappa shape index (κ1) is 3.55. The van der Waals surface area contributed by atoms with Crippen molar-refractivity contribution in [3.63, 3.8) is 0 Å². The fraction of sp³-hybridized carbons (Fsp3) is 0. The molecule has 0 N–H and O–H groups in total. The Kier molecular flexibility index (Phi) is 1.03. The molecule has 0 aliphatic heterocycles. The third-order valence-electron chi connectivity index (χ3n) is 0.497. The molecule has 0 saturated heterocycles. The molecule has 0 amide bonds. The van der Waals surface area contributed by atoms with Crippen LogP contribution in [-0.4, -0.2) is 9.97 Å². The summed E-state index contributed by atoms with van der Waals surface area (Å²) in [5.41, 5.74) is 0. The van der Waals surface area contributed by atoms with Gasteiger partial charge in [0.2, 0.25) is 0 Å². The van der Waals surface area contributed by atoms with Crippen LogP contribution in [0.15, 0.2) is 23.2 Å². The molecule has 2 nitrogen and oxygen atoms in total. The van der Waals surface area contributed by atoms with Gasteiger partial charge in [0, 0.05) is 6.17 Å². The Balaban J connectivity index is 3.08. The minimum Gasteiger partial charge on any atom is -0.245 e. The van der Waals surface area contributed by atoms with E-state index in [2.05, 4.69) is 25.9 Å². The smallest absolute Gasteiger partial charge is 0.116 e. The second-order valence-electron chi connectivity index (χ2n) is 0.970. The van der Waals surface area contributed by atoms with E-state index in [1.807, 2.05) is 0 Å². The van der Waals surface area contributed by atoms with Crippen LogP contribution in [0.4, 0.5) is 0 Å². The lowest BCUT2D eigenvalue weighted by atomic mass is 10.7. The van der Waals surface area contributed by atoms with E-state index in [9.17, 15) is 0 Å². The molecule has 1 aromatic rings. The van der Waals surface area contributed by atoms with Crippen molar-refractivity contribution in [3.8, 4) is 0 Å². The van der Waals surface area contributed by atoms with Gasteiger partial charge in [-0.1, -0.05) is 0 Å². The molecule has 0 fully saturated rings. The summed E-state index contributed by atoms with van der Waals surface area (Å²) in [4.78, 5) is 7.29. The van der Waals surface area contributed by atoms with Crippen LogP contribution >= 0.6 is 15.9 Å². The van der Waals surface area contributed by atoms with Crippen molar-refractivity contribution in [1.29, 1.82) is 0 Å². The van der Waals surface area contributed by atoms with Gasteiger partial charge in [0.05, 0.1) is 1.37 Å². The van der Waals surface area contributed by atoms with Crippen molar-refractivity contribution in [2.45, 2.75) is 0 Å². The van der Waals surface area contributed by atoms with E-state index in [-0.39, 0.29) is 6.17 Å². The lowest BCUT2D eigenvalue weighted by molar-refractivity contribution is 1.14. The topological polar surface area (TPSA) is 25.8 Å². The Morgan fingerprint density at radius 1 is 1.86 bits per heavy atom. The highest BCUT2D eigenvalue weighted by Gasteiger charge is 1.76. The van der Waals surface area contributed by atoms with E-state index >= 15 is 0 Å². The SMILES string of the molecule is [2H]c1cc(Br)ncn1. The quantitative estimate of drug-likeness (QED) is 0.533. The Hall–Kier alpha value is -0.440. The van der Waals surface area contributed by atoms with Crippen LogP contribution in [0.3, 0.4) is 0 Å². The van der Waals surface area contributed by atoms with Gasteiger partial charge in [0.1, 0.15) is 10.9 Å². The van der Waals surface area contributed by atoms with E-state index in [1.165, 1.54) is 12.4 Å². The summed E-state index contributed by atoms with van der Waals surface area (Å²) in [6.45, 7) is 0. The van der Waals surface area contributed by atoms with E-state index in [0.29, 0.717) is 4.60 Å². The molecule has 0 aliphatic carbocycles. The highest BCUT2D eigenvalue weighted by molar-refractivity contribution is 9.10.